The number of nitrogens with zero attached hydrogens (tertiary/aromatic N) is 3. The van der Waals surface area contributed by atoms with Crippen LogP contribution in [0.2, 0.25) is 0 Å². The van der Waals surface area contributed by atoms with Crippen LogP contribution >= 0.6 is 0 Å². The van der Waals surface area contributed by atoms with Crippen molar-refractivity contribution >= 4 is 17.5 Å². The van der Waals surface area contributed by atoms with Gasteiger partial charge in [0, 0.05) is 24.6 Å². The summed E-state index contributed by atoms with van der Waals surface area (Å²) in [5.41, 5.74) is 2.47. The van der Waals surface area contributed by atoms with Gasteiger partial charge in [0.05, 0.1) is 18.7 Å². The number of likely N-dealkylation sites (tertiary alicyclic amines) is 1. The molecular weight excluding hydrogens is 340 g/mol. The molecule has 3 aromatic rings. The van der Waals surface area contributed by atoms with Crippen molar-refractivity contribution in [1.29, 1.82) is 0 Å². The summed E-state index contributed by atoms with van der Waals surface area (Å²) in [6.07, 6.45) is 4.08. The van der Waals surface area contributed by atoms with E-state index in [1.165, 1.54) is 0 Å². The summed E-state index contributed by atoms with van der Waals surface area (Å²) in [5.74, 6) is 1.21. The molecule has 1 unspecified atom stereocenters. The predicted octanol–water partition coefficient (Wildman–Crippen LogP) is 3.82. The highest BCUT2D eigenvalue weighted by Gasteiger charge is 2.34. The first kappa shape index (κ1) is 17.0. The maximum atomic E-state index is 12.8. The minimum Gasteiger partial charge on any atom is -0.497 e. The third-order valence-corrected chi connectivity index (χ3v) is 4.69. The third-order valence-electron chi connectivity index (χ3n) is 4.69. The molecule has 1 aromatic heterocycles. The van der Waals surface area contributed by atoms with Gasteiger partial charge in [-0.1, -0.05) is 30.3 Å². The lowest BCUT2D eigenvalue weighted by molar-refractivity contribution is 0.0459. The van der Waals surface area contributed by atoms with Crippen LogP contribution in [-0.2, 0) is 0 Å². The first-order valence-corrected chi connectivity index (χ1v) is 8.83. The number of ether oxygens (including phenoxy) is 1. The fourth-order valence-electron chi connectivity index (χ4n) is 3.15. The van der Waals surface area contributed by atoms with Gasteiger partial charge in [0.15, 0.2) is 0 Å². The first-order chi connectivity index (χ1) is 13.2. The molecule has 0 bridgehead atoms. The van der Waals surface area contributed by atoms with Gasteiger partial charge in [-0.15, -0.1) is 0 Å². The van der Waals surface area contributed by atoms with E-state index in [-0.39, 0.29) is 11.9 Å². The van der Waals surface area contributed by atoms with E-state index in [1.54, 1.807) is 19.5 Å². The molecule has 1 N–H and O–H groups in total. The van der Waals surface area contributed by atoms with E-state index in [4.69, 9.17) is 4.74 Å². The van der Waals surface area contributed by atoms with Crippen LogP contribution in [0, 0.1) is 0 Å². The standard InChI is InChI=1S/C21H20N4O2/c1-27-18-9-5-6-15(12-18)19-10-11-25(19)20(26)16-13-22-21(23-14-16)24-17-7-3-2-4-8-17/h2-9,12-14,19H,10-11H2,1H3,(H,22,23,24). The molecule has 1 amide bonds. The molecule has 1 atom stereocenters. The molecule has 4 rings (SSSR count). The highest BCUT2D eigenvalue weighted by Crippen LogP contribution is 2.35. The molecule has 0 aliphatic carbocycles. The van der Waals surface area contributed by atoms with Crippen molar-refractivity contribution in [3.05, 3.63) is 78.1 Å². The highest BCUT2D eigenvalue weighted by atomic mass is 16.5. The largest absolute Gasteiger partial charge is 0.497 e. The molecule has 0 radical (unpaired) electrons. The summed E-state index contributed by atoms with van der Waals surface area (Å²) >= 11 is 0. The van der Waals surface area contributed by atoms with E-state index in [9.17, 15) is 4.79 Å². The Labute approximate surface area is 157 Å². The summed E-state index contributed by atoms with van der Waals surface area (Å²) in [7, 11) is 1.64. The Morgan fingerprint density at radius 1 is 1.11 bits per heavy atom. The van der Waals surface area contributed by atoms with Crippen LogP contribution in [0.25, 0.3) is 0 Å². The molecule has 2 heterocycles. The normalized spacial score (nSPS) is 15.7. The van der Waals surface area contributed by atoms with Gasteiger partial charge in [-0.2, -0.15) is 0 Å². The number of methoxy groups -OCH3 is 1. The summed E-state index contributed by atoms with van der Waals surface area (Å²) in [6, 6.07) is 17.6. The second-order valence-electron chi connectivity index (χ2n) is 6.37. The lowest BCUT2D eigenvalue weighted by atomic mass is 9.94. The van der Waals surface area contributed by atoms with Crippen molar-refractivity contribution in [3.8, 4) is 5.75 Å². The van der Waals surface area contributed by atoms with Gasteiger partial charge < -0.3 is 15.0 Å². The van der Waals surface area contributed by atoms with Gasteiger partial charge in [-0.3, -0.25) is 4.79 Å². The maximum Gasteiger partial charge on any atom is 0.257 e. The van der Waals surface area contributed by atoms with Gasteiger partial charge in [-0.05, 0) is 36.2 Å². The first-order valence-electron chi connectivity index (χ1n) is 8.83. The zero-order chi connectivity index (χ0) is 18.6. The average Bonchev–Trinajstić information content (AvgIpc) is 2.68. The van der Waals surface area contributed by atoms with Crippen LogP contribution in [0.15, 0.2) is 67.0 Å². The van der Waals surface area contributed by atoms with Crippen molar-refractivity contribution < 1.29 is 9.53 Å². The Morgan fingerprint density at radius 2 is 1.89 bits per heavy atom. The molecule has 1 fully saturated rings. The number of carbonyl (C=O) groups is 1. The number of hydrogen-bond donors (Lipinski definition) is 1. The lowest BCUT2D eigenvalue weighted by Gasteiger charge is -2.41. The van der Waals surface area contributed by atoms with Crippen LogP contribution < -0.4 is 10.1 Å². The Hall–Kier alpha value is -3.41. The molecular formula is C21H20N4O2. The highest BCUT2D eigenvalue weighted by molar-refractivity contribution is 5.94. The van der Waals surface area contributed by atoms with Crippen LogP contribution in [0.1, 0.15) is 28.4 Å². The molecule has 0 spiro atoms. The van der Waals surface area contributed by atoms with Crippen LogP contribution in [0.4, 0.5) is 11.6 Å². The fourth-order valence-corrected chi connectivity index (χ4v) is 3.15. The van der Waals surface area contributed by atoms with Crippen LogP contribution in [-0.4, -0.2) is 34.4 Å². The van der Waals surface area contributed by atoms with Crippen molar-refractivity contribution in [3.63, 3.8) is 0 Å². The minimum atomic E-state index is -0.0552. The average molecular weight is 360 g/mol. The number of aromatic nitrogens is 2. The fraction of sp³-hybridized carbons (Fsp3) is 0.190. The van der Waals surface area contributed by atoms with E-state index >= 15 is 0 Å². The molecule has 2 aromatic carbocycles. The number of hydrogen-bond acceptors (Lipinski definition) is 5. The number of anilines is 2. The van der Waals surface area contributed by atoms with Crippen molar-refractivity contribution in [1.82, 2.24) is 14.9 Å². The molecule has 6 heteroatoms. The van der Waals surface area contributed by atoms with E-state index in [0.29, 0.717) is 11.5 Å². The number of nitrogens with one attached hydrogen (secondary N) is 1. The number of benzene rings is 2. The van der Waals surface area contributed by atoms with Gasteiger partial charge in [-0.25, -0.2) is 9.97 Å². The summed E-state index contributed by atoms with van der Waals surface area (Å²) in [4.78, 5) is 23.2. The quantitative estimate of drug-likeness (QED) is 0.749. The van der Waals surface area contributed by atoms with Crippen LogP contribution in [0.3, 0.4) is 0 Å². The van der Waals surface area contributed by atoms with E-state index in [0.717, 1.165) is 30.0 Å². The van der Waals surface area contributed by atoms with Gasteiger partial charge in [0.25, 0.3) is 5.91 Å². The Bertz CT molecular complexity index is 928. The molecule has 6 nitrogen and oxygen atoms in total. The molecule has 136 valence electrons. The number of amides is 1. The molecule has 1 aliphatic rings. The lowest BCUT2D eigenvalue weighted by Crippen LogP contribution is -2.45. The van der Waals surface area contributed by atoms with Crippen molar-refractivity contribution in [2.75, 3.05) is 19.0 Å². The zero-order valence-electron chi connectivity index (χ0n) is 15.0. The van der Waals surface area contributed by atoms with Crippen molar-refractivity contribution in [2.24, 2.45) is 0 Å². The van der Waals surface area contributed by atoms with E-state index in [1.807, 2.05) is 59.5 Å². The Morgan fingerprint density at radius 3 is 2.56 bits per heavy atom. The van der Waals surface area contributed by atoms with Crippen molar-refractivity contribution in [2.45, 2.75) is 12.5 Å². The number of para-hydroxylation sites is 1. The molecule has 0 saturated carbocycles. The maximum absolute atomic E-state index is 12.8. The summed E-state index contributed by atoms with van der Waals surface area (Å²) in [6.45, 7) is 0.727. The van der Waals surface area contributed by atoms with Gasteiger partial charge in [0.2, 0.25) is 5.95 Å². The van der Waals surface area contributed by atoms with E-state index in [2.05, 4.69) is 15.3 Å². The molecule has 1 aliphatic heterocycles. The Kier molecular flexibility index (Phi) is 4.70. The number of carbonyl (C=O) groups excluding carboxylic acids is 1. The monoisotopic (exact) mass is 360 g/mol. The molecule has 1 saturated heterocycles. The second kappa shape index (κ2) is 7.45. The molecule has 27 heavy (non-hydrogen) atoms. The summed E-state index contributed by atoms with van der Waals surface area (Å²) in [5, 5.41) is 3.11. The topological polar surface area (TPSA) is 67.3 Å². The SMILES string of the molecule is COc1cccc(C2CCN2C(=O)c2cnc(Nc3ccccc3)nc2)c1. The Balaban J connectivity index is 1.46. The predicted molar refractivity (Wildman–Crippen MR) is 103 cm³/mol. The smallest absolute Gasteiger partial charge is 0.257 e. The van der Waals surface area contributed by atoms with Gasteiger partial charge in [0.1, 0.15) is 5.75 Å². The van der Waals surface area contributed by atoms with E-state index < -0.39 is 0 Å². The minimum absolute atomic E-state index is 0.0552. The van der Waals surface area contributed by atoms with Crippen LogP contribution in [0.5, 0.6) is 5.75 Å². The number of rotatable bonds is 5. The van der Waals surface area contributed by atoms with Gasteiger partial charge >= 0.3 is 0 Å². The zero-order valence-corrected chi connectivity index (χ0v) is 15.0. The third kappa shape index (κ3) is 3.60. The second-order valence-corrected chi connectivity index (χ2v) is 6.37. The summed E-state index contributed by atoms with van der Waals surface area (Å²) < 4.78 is 5.29.